The van der Waals surface area contributed by atoms with Crippen LogP contribution >= 0.6 is 0 Å². The molecule has 1 amide bonds. The fourth-order valence-electron chi connectivity index (χ4n) is 4.94. The van der Waals surface area contributed by atoms with Gasteiger partial charge in [0.05, 0.1) is 24.8 Å². The fourth-order valence-corrected chi connectivity index (χ4v) is 4.94. The maximum absolute atomic E-state index is 13.1. The molecule has 4 aliphatic rings. The Labute approximate surface area is 150 Å². The van der Waals surface area contributed by atoms with E-state index in [0.29, 0.717) is 12.2 Å². The molecule has 26 heavy (non-hydrogen) atoms. The van der Waals surface area contributed by atoms with Gasteiger partial charge in [-0.3, -0.25) is 14.5 Å². The number of hydrogen-bond donors (Lipinski definition) is 1. The highest BCUT2D eigenvalue weighted by Gasteiger charge is 2.75. The molecule has 5 atom stereocenters. The van der Waals surface area contributed by atoms with Crippen molar-refractivity contribution in [2.45, 2.75) is 24.7 Å². The van der Waals surface area contributed by atoms with Gasteiger partial charge in [0.25, 0.3) is 0 Å². The lowest BCUT2D eigenvalue weighted by atomic mass is 9.83. The van der Waals surface area contributed by atoms with Gasteiger partial charge in [-0.05, 0) is 14.0 Å². The number of methoxy groups -OCH3 is 2. The number of carbonyl (C=O) groups is 3. The van der Waals surface area contributed by atoms with E-state index in [1.807, 2.05) is 11.9 Å². The number of carbonyl (C=O) groups excluding carboxylic acids is 3. The normalized spacial score (nSPS) is 37.6. The maximum Gasteiger partial charge on any atom is 0.404 e. The monoisotopic (exact) mass is 363 g/mol. The number of ether oxygens (including phenoxy) is 3. The van der Waals surface area contributed by atoms with Crippen LogP contribution < -0.4 is 5.73 Å². The molecule has 0 aromatic rings. The van der Waals surface area contributed by atoms with E-state index in [2.05, 4.69) is 4.90 Å². The number of primary amides is 1. The smallest absolute Gasteiger partial charge is 0.404 e. The van der Waals surface area contributed by atoms with E-state index < -0.39 is 17.7 Å². The van der Waals surface area contributed by atoms with Crippen LogP contribution in [-0.4, -0.2) is 79.7 Å². The van der Waals surface area contributed by atoms with Crippen LogP contribution in [0.1, 0.15) is 6.92 Å². The Balaban J connectivity index is 1.85. The number of allylic oxidation sites excluding steroid dienone is 2. The van der Waals surface area contributed by atoms with Gasteiger partial charge in [-0.25, -0.2) is 4.79 Å². The van der Waals surface area contributed by atoms with Crippen molar-refractivity contribution in [1.82, 2.24) is 9.80 Å². The molecule has 2 saturated heterocycles. The number of nitrogens with zero attached hydrogens (tertiary/aromatic N) is 2. The molecule has 0 spiro atoms. The van der Waals surface area contributed by atoms with E-state index in [1.54, 1.807) is 14.0 Å². The molecule has 3 aliphatic heterocycles. The van der Waals surface area contributed by atoms with Crippen LogP contribution in [0, 0.1) is 5.92 Å². The molecule has 2 fully saturated rings. The molecule has 140 valence electrons. The van der Waals surface area contributed by atoms with Crippen molar-refractivity contribution in [2.24, 2.45) is 11.7 Å². The number of likely N-dealkylation sites (N-methyl/N-ethyl adjacent to an activating group) is 1. The molecule has 9 heteroatoms. The second-order valence-corrected chi connectivity index (χ2v) is 7.01. The number of ketones is 2. The number of hydrogen-bond acceptors (Lipinski definition) is 8. The van der Waals surface area contributed by atoms with Gasteiger partial charge in [0, 0.05) is 30.8 Å². The van der Waals surface area contributed by atoms with Crippen LogP contribution in [0.4, 0.5) is 4.79 Å². The average molecular weight is 363 g/mol. The van der Waals surface area contributed by atoms with Crippen molar-refractivity contribution in [3.8, 4) is 0 Å². The van der Waals surface area contributed by atoms with E-state index in [0.717, 1.165) is 0 Å². The van der Waals surface area contributed by atoms with Crippen molar-refractivity contribution >= 4 is 17.7 Å². The molecule has 2 N–H and O–H groups in total. The SMILES string of the molecule is COC1=C(C)C(=O)C2=C(C1=O)C(COC(N)=O)[C@]1(OC)C3C(CN21)N3C. The number of nitrogens with two attached hydrogens (primary N) is 1. The number of fused-ring (bicyclic) bond motifs is 4. The molecular weight excluding hydrogens is 342 g/mol. The average Bonchev–Trinajstić information content (AvgIpc) is 3.00. The van der Waals surface area contributed by atoms with Crippen LogP contribution in [0.5, 0.6) is 0 Å². The van der Waals surface area contributed by atoms with Gasteiger partial charge in [-0.1, -0.05) is 0 Å². The summed E-state index contributed by atoms with van der Waals surface area (Å²) in [5.74, 6) is -1.25. The minimum absolute atomic E-state index is 0.00789. The lowest BCUT2D eigenvalue weighted by Crippen LogP contribution is -2.55. The van der Waals surface area contributed by atoms with E-state index in [9.17, 15) is 14.4 Å². The first kappa shape index (κ1) is 17.0. The molecule has 1 aliphatic carbocycles. The lowest BCUT2D eigenvalue weighted by molar-refractivity contribution is -0.144. The molecule has 0 aromatic heterocycles. The molecule has 0 aromatic carbocycles. The Morgan fingerprint density at radius 3 is 2.58 bits per heavy atom. The van der Waals surface area contributed by atoms with Crippen LogP contribution in [0.25, 0.3) is 0 Å². The molecule has 4 unspecified atom stereocenters. The van der Waals surface area contributed by atoms with Crippen molar-refractivity contribution in [1.29, 1.82) is 0 Å². The summed E-state index contributed by atoms with van der Waals surface area (Å²) < 4.78 is 16.2. The van der Waals surface area contributed by atoms with Crippen LogP contribution in [0.2, 0.25) is 0 Å². The first-order valence-electron chi connectivity index (χ1n) is 8.36. The Kier molecular flexibility index (Phi) is 3.48. The topological polar surface area (TPSA) is 111 Å². The van der Waals surface area contributed by atoms with Gasteiger partial charge >= 0.3 is 6.09 Å². The van der Waals surface area contributed by atoms with Gasteiger partial charge in [0.15, 0.2) is 11.5 Å². The number of rotatable bonds is 4. The minimum atomic E-state index is -0.950. The fraction of sp³-hybridized carbons (Fsp3) is 0.588. The van der Waals surface area contributed by atoms with Gasteiger partial charge < -0.3 is 24.8 Å². The van der Waals surface area contributed by atoms with Crippen LogP contribution in [0.3, 0.4) is 0 Å². The molecular formula is C17H21N3O6. The minimum Gasteiger partial charge on any atom is -0.492 e. The Bertz CT molecular complexity index is 802. The van der Waals surface area contributed by atoms with E-state index >= 15 is 0 Å². The molecule has 0 radical (unpaired) electrons. The van der Waals surface area contributed by atoms with E-state index in [1.165, 1.54) is 7.11 Å². The van der Waals surface area contributed by atoms with Crippen LogP contribution in [0.15, 0.2) is 22.6 Å². The third kappa shape index (κ3) is 1.79. The first-order valence-corrected chi connectivity index (χ1v) is 8.36. The summed E-state index contributed by atoms with van der Waals surface area (Å²) >= 11 is 0. The van der Waals surface area contributed by atoms with Crippen molar-refractivity contribution in [2.75, 3.05) is 34.4 Å². The predicted molar refractivity (Wildman–Crippen MR) is 87.6 cm³/mol. The van der Waals surface area contributed by atoms with Gasteiger partial charge in [0.2, 0.25) is 11.6 Å². The summed E-state index contributed by atoms with van der Waals surface area (Å²) in [6.45, 7) is 1.99. The van der Waals surface area contributed by atoms with Crippen molar-refractivity contribution in [3.05, 3.63) is 22.6 Å². The van der Waals surface area contributed by atoms with Gasteiger partial charge in [-0.2, -0.15) is 0 Å². The largest absolute Gasteiger partial charge is 0.492 e. The zero-order chi connectivity index (χ0) is 19.0. The number of Topliss-reactive ketones (excluding diaryl/α,β-unsaturated/α-hetero) is 2. The van der Waals surface area contributed by atoms with Crippen molar-refractivity contribution < 1.29 is 28.6 Å². The summed E-state index contributed by atoms with van der Waals surface area (Å²) in [6.07, 6.45) is -0.941. The quantitative estimate of drug-likeness (QED) is 0.520. The Hall–Kier alpha value is -2.39. The summed E-state index contributed by atoms with van der Waals surface area (Å²) in [7, 11) is 4.87. The van der Waals surface area contributed by atoms with Gasteiger partial charge in [0.1, 0.15) is 6.61 Å². The zero-order valence-electron chi connectivity index (χ0n) is 15.1. The number of piperazine rings is 1. The summed E-state index contributed by atoms with van der Waals surface area (Å²) in [5.41, 5.74) is 5.07. The highest BCUT2D eigenvalue weighted by molar-refractivity contribution is 6.25. The lowest BCUT2D eigenvalue weighted by Gasteiger charge is -2.40. The summed E-state index contributed by atoms with van der Waals surface area (Å²) in [5, 5.41) is 0. The first-order chi connectivity index (χ1) is 12.3. The van der Waals surface area contributed by atoms with Crippen LogP contribution in [-0.2, 0) is 23.8 Å². The zero-order valence-corrected chi connectivity index (χ0v) is 15.1. The second-order valence-electron chi connectivity index (χ2n) is 7.01. The molecule has 4 rings (SSSR count). The Morgan fingerprint density at radius 1 is 1.31 bits per heavy atom. The highest BCUT2D eigenvalue weighted by atomic mass is 16.6. The summed E-state index contributed by atoms with van der Waals surface area (Å²) in [4.78, 5) is 41.3. The van der Waals surface area contributed by atoms with Crippen molar-refractivity contribution in [3.63, 3.8) is 0 Å². The molecule has 0 saturated carbocycles. The van der Waals surface area contributed by atoms with E-state index in [-0.39, 0.29) is 47.2 Å². The summed E-state index contributed by atoms with van der Waals surface area (Å²) in [6, 6.07) is 0.211. The highest BCUT2D eigenvalue weighted by Crippen LogP contribution is 2.59. The molecule has 9 nitrogen and oxygen atoms in total. The second kappa shape index (κ2) is 5.31. The third-order valence-corrected chi connectivity index (χ3v) is 6.10. The van der Waals surface area contributed by atoms with E-state index in [4.69, 9.17) is 19.9 Å². The molecule has 3 heterocycles. The standard InChI is InChI=1S/C17H21N3O6/c1-7-12(21)11-10(13(22)14(7)24-3)8(6-26-16(18)23)17(25-4)15-9(19(15)2)5-20(11)17/h8-9,15H,5-6H2,1-4H3,(H2,18,23)/t8?,9?,15?,17-,19?/m0/s1. The maximum atomic E-state index is 13.1. The molecule has 0 bridgehead atoms. The number of amides is 1. The Morgan fingerprint density at radius 2 is 2.00 bits per heavy atom. The predicted octanol–water partition coefficient (Wildman–Crippen LogP) is -0.621. The van der Waals surface area contributed by atoms with Gasteiger partial charge in [-0.15, -0.1) is 0 Å². The third-order valence-electron chi connectivity index (χ3n) is 6.10.